The summed E-state index contributed by atoms with van der Waals surface area (Å²) in [6.07, 6.45) is 0.366. The Kier molecular flexibility index (Phi) is 10.2. The first-order valence-electron chi connectivity index (χ1n) is 13.0. The van der Waals surface area contributed by atoms with Gasteiger partial charge in [0, 0.05) is 18.1 Å². The normalized spacial score (nSPS) is 12.1. The number of likely N-dealkylation sites (N-methyl/N-ethyl adjacent to an activating group) is 1. The fraction of sp³-hybridized carbons (Fsp3) is 0.333. The van der Waals surface area contributed by atoms with Crippen molar-refractivity contribution in [3.63, 3.8) is 0 Å². The molecule has 208 valence electrons. The maximum absolute atomic E-state index is 14.0. The zero-order valence-electron chi connectivity index (χ0n) is 23.1. The lowest BCUT2D eigenvalue weighted by molar-refractivity contribution is -0.140. The Hall–Kier alpha value is -3.36. The number of halogens is 1. The third kappa shape index (κ3) is 7.19. The first-order chi connectivity index (χ1) is 18.5. The van der Waals surface area contributed by atoms with E-state index >= 15 is 0 Å². The molecule has 9 heteroatoms. The van der Waals surface area contributed by atoms with Crippen molar-refractivity contribution < 1.29 is 18.0 Å². The highest BCUT2D eigenvalue weighted by Crippen LogP contribution is 2.29. The Morgan fingerprint density at radius 3 is 2.18 bits per heavy atom. The van der Waals surface area contributed by atoms with Crippen molar-refractivity contribution in [2.75, 3.05) is 17.4 Å². The van der Waals surface area contributed by atoms with Crippen molar-refractivity contribution in [2.45, 2.75) is 58.5 Å². The highest BCUT2D eigenvalue weighted by molar-refractivity contribution is 7.92. The molecule has 3 aromatic rings. The molecule has 0 aliphatic heterocycles. The number of amides is 2. The number of sulfonamides is 1. The van der Waals surface area contributed by atoms with Gasteiger partial charge in [0.05, 0.1) is 10.6 Å². The van der Waals surface area contributed by atoms with E-state index in [-0.39, 0.29) is 23.0 Å². The summed E-state index contributed by atoms with van der Waals surface area (Å²) in [5, 5.41) is 3.19. The Bertz CT molecular complexity index is 1420. The number of nitrogens with one attached hydrogen (secondary N) is 1. The van der Waals surface area contributed by atoms with Crippen LogP contribution in [0.3, 0.4) is 0 Å². The Morgan fingerprint density at radius 1 is 0.923 bits per heavy atom. The number of carbonyl (C=O) groups excluding carboxylic acids is 2. The molecule has 0 saturated heterocycles. The maximum Gasteiger partial charge on any atom is 0.264 e. The third-order valence-electron chi connectivity index (χ3n) is 6.67. The molecule has 0 bridgehead atoms. The summed E-state index contributed by atoms with van der Waals surface area (Å²) in [5.74, 6) is -0.781. The lowest BCUT2D eigenvalue weighted by Gasteiger charge is -2.33. The molecule has 3 rings (SSSR count). The molecule has 0 heterocycles. The van der Waals surface area contributed by atoms with Crippen molar-refractivity contribution >= 4 is 39.1 Å². The van der Waals surface area contributed by atoms with Gasteiger partial charge in [0.2, 0.25) is 11.8 Å². The Balaban J connectivity index is 2.10. The van der Waals surface area contributed by atoms with E-state index in [1.54, 1.807) is 30.3 Å². The van der Waals surface area contributed by atoms with Gasteiger partial charge in [-0.05, 0) is 75.1 Å². The molecule has 1 N–H and O–H groups in total. The zero-order valence-corrected chi connectivity index (χ0v) is 24.6. The highest BCUT2D eigenvalue weighted by Gasteiger charge is 2.33. The summed E-state index contributed by atoms with van der Waals surface area (Å²) in [4.78, 5) is 28.6. The van der Waals surface area contributed by atoms with Crippen LogP contribution in [0.1, 0.15) is 42.5 Å². The molecule has 7 nitrogen and oxygen atoms in total. The number of nitrogens with zero attached hydrogens (tertiary/aromatic N) is 2. The molecule has 0 aliphatic rings. The van der Waals surface area contributed by atoms with E-state index in [2.05, 4.69) is 5.32 Å². The first-order valence-corrected chi connectivity index (χ1v) is 14.8. The maximum atomic E-state index is 14.0. The van der Waals surface area contributed by atoms with E-state index in [1.165, 1.54) is 17.0 Å². The standard InChI is InChI=1S/C30H36ClN3O4S/c1-6-28(30(36)32-7-2)33(19-24-11-9-8-10-22(24)4)29(35)20-34(25-15-14-23(5)27(31)18-25)39(37,38)26-16-12-21(3)13-17-26/h8-18,28H,6-7,19-20H2,1-5H3,(H,32,36)/t28-/m1/s1. The number of aryl methyl sites for hydroxylation is 3. The van der Waals surface area contributed by atoms with Gasteiger partial charge < -0.3 is 10.2 Å². The van der Waals surface area contributed by atoms with Crippen molar-refractivity contribution in [3.05, 3.63) is 94.0 Å². The van der Waals surface area contributed by atoms with Gasteiger partial charge in [-0.15, -0.1) is 0 Å². The first kappa shape index (κ1) is 30.2. The van der Waals surface area contributed by atoms with E-state index in [0.29, 0.717) is 18.0 Å². The zero-order chi connectivity index (χ0) is 28.7. The number of hydrogen-bond acceptors (Lipinski definition) is 4. The van der Waals surface area contributed by atoms with E-state index < -0.39 is 28.5 Å². The lowest BCUT2D eigenvalue weighted by atomic mass is 10.1. The number of carbonyl (C=O) groups is 2. The molecule has 0 spiro atoms. The van der Waals surface area contributed by atoms with Crippen LogP contribution in [0.2, 0.25) is 5.02 Å². The number of hydrogen-bond donors (Lipinski definition) is 1. The van der Waals surface area contributed by atoms with Crippen LogP contribution in [0, 0.1) is 20.8 Å². The van der Waals surface area contributed by atoms with Crippen LogP contribution in [0.4, 0.5) is 5.69 Å². The van der Waals surface area contributed by atoms with Gasteiger partial charge in [-0.1, -0.05) is 66.6 Å². The molecule has 2 amide bonds. The van der Waals surface area contributed by atoms with Gasteiger partial charge >= 0.3 is 0 Å². The fourth-order valence-corrected chi connectivity index (χ4v) is 5.87. The van der Waals surface area contributed by atoms with Crippen LogP contribution in [0.15, 0.2) is 71.6 Å². The average molecular weight is 570 g/mol. The van der Waals surface area contributed by atoms with Crippen molar-refractivity contribution in [3.8, 4) is 0 Å². The van der Waals surface area contributed by atoms with Gasteiger partial charge in [0.1, 0.15) is 12.6 Å². The second-order valence-electron chi connectivity index (χ2n) is 9.52. The largest absolute Gasteiger partial charge is 0.355 e. The molecule has 0 aromatic heterocycles. The summed E-state index contributed by atoms with van der Waals surface area (Å²) in [6.45, 7) is 9.34. The second-order valence-corrected chi connectivity index (χ2v) is 11.8. The molecule has 0 radical (unpaired) electrons. The predicted molar refractivity (Wildman–Crippen MR) is 156 cm³/mol. The van der Waals surface area contributed by atoms with Crippen molar-refractivity contribution in [2.24, 2.45) is 0 Å². The molecule has 0 fully saturated rings. The molecule has 1 atom stereocenters. The number of anilines is 1. The Morgan fingerprint density at radius 2 is 1.59 bits per heavy atom. The molecule has 0 saturated carbocycles. The summed E-state index contributed by atoms with van der Waals surface area (Å²) in [5.41, 5.74) is 3.80. The number of benzene rings is 3. The minimum absolute atomic E-state index is 0.0545. The van der Waals surface area contributed by atoms with Gasteiger partial charge in [0.25, 0.3) is 10.0 Å². The van der Waals surface area contributed by atoms with Crippen LogP contribution in [-0.4, -0.2) is 44.3 Å². The second kappa shape index (κ2) is 13.1. The smallest absolute Gasteiger partial charge is 0.264 e. The van der Waals surface area contributed by atoms with Crippen molar-refractivity contribution in [1.29, 1.82) is 0 Å². The Labute approximate surface area is 236 Å². The van der Waals surface area contributed by atoms with Gasteiger partial charge in [0.15, 0.2) is 0 Å². The molecular formula is C30H36ClN3O4S. The van der Waals surface area contributed by atoms with E-state index in [4.69, 9.17) is 11.6 Å². The fourth-order valence-electron chi connectivity index (χ4n) is 4.29. The molecule has 0 aliphatic carbocycles. The molecular weight excluding hydrogens is 534 g/mol. The molecule has 39 heavy (non-hydrogen) atoms. The van der Waals surface area contributed by atoms with Crippen LogP contribution in [0.5, 0.6) is 0 Å². The minimum Gasteiger partial charge on any atom is -0.355 e. The monoisotopic (exact) mass is 569 g/mol. The SMILES string of the molecule is CCNC(=O)[C@@H](CC)N(Cc1ccccc1C)C(=O)CN(c1ccc(C)c(Cl)c1)S(=O)(=O)c1ccc(C)cc1. The minimum atomic E-state index is -4.15. The van der Waals surface area contributed by atoms with E-state index in [9.17, 15) is 18.0 Å². The number of rotatable bonds is 11. The van der Waals surface area contributed by atoms with Gasteiger partial charge in [-0.2, -0.15) is 0 Å². The van der Waals surface area contributed by atoms with Crippen LogP contribution in [0.25, 0.3) is 0 Å². The van der Waals surface area contributed by atoms with Crippen LogP contribution >= 0.6 is 11.6 Å². The summed E-state index contributed by atoms with van der Waals surface area (Å²) >= 11 is 6.38. The molecule has 3 aromatic carbocycles. The van der Waals surface area contributed by atoms with Gasteiger partial charge in [-0.25, -0.2) is 8.42 Å². The summed E-state index contributed by atoms with van der Waals surface area (Å²) in [7, 11) is -4.15. The van der Waals surface area contributed by atoms with E-state index in [1.807, 2.05) is 58.9 Å². The average Bonchev–Trinajstić information content (AvgIpc) is 2.90. The third-order valence-corrected chi connectivity index (χ3v) is 8.87. The van der Waals surface area contributed by atoms with Crippen molar-refractivity contribution in [1.82, 2.24) is 10.2 Å². The molecule has 0 unspecified atom stereocenters. The van der Waals surface area contributed by atoms with Crippen LogP contribution in [-0.2, 0) is 26.2 Å². The lowest BCUT2D eigenvalue weighted by Crippen LogP contribution is -2.52. The van der Waals surface area contributed by atoms with Gasteiger partial charge in [-0.3, -0.25) is 13.9 Å². The highest BCUT2D eigenvalue weighted by atomic mass is 35.5. The summed E-state index contributed by atoms with van der Waals surface area (Å²) in [6, 6.07) is 18.2. The summed E-state index contributed by atoms with van der Waals surface area (Å²) < 4.78 is 28.9. The predicted octanol–water partition coefficient (Wildman–Crippen LogP) is 5.40. The quantitative estimate of drug-likeness (QED) is 0.335. The van der Waals surface area contributed by atoms with E-state index in [0.717, 1.165) is 26.6 Å². The van der Waals surface area contributed by atoms with Crippen LogP contribution < -0.4 is 9.62 Å². The topological polar surface area (TPSA) is 86.8 Å².